The lowest BCUT2D eigenvalue weighted by Gasteiger charge is -2.55. The first-order chi connectivity index (χ1) is 17.4. The highest BCUT2D eigenvalue weighted by molar-refractivity contribution is 5.98. The van der Waals surface area contributed by atoms with Gasteiger partial charge in [0, 0.05) is 43.5 Å². The number of benzene rings is 3. The first-order valence-electron chi connectivity index (χ1n) is 12.7. The van der Waals surface area contributed by atoms with Crippen molar-refractivity contribution in [1.82, 2.24) is 10.2 Å². The number of hydrogen-bond acceptors (Lipinski definition) is 5. The van der Waals surface area contributed by atoms with E-state index in [0.29, 0.717) is 11.3 Å². The number of esters is 1. The van der Waals surface area contributed by atoms with Crippen LogP contribution in [0.2, 0.25) is 0 Å². The van der Waals surface area contributed by atoms with Crippen molar-refractivity contribution in [2.75, 3.05) is 27.2 Å². The van der Waals surface area contributed by atoms with Gasteiger partial charge < -0.3 is 19.7 Å². The van der Waals surface area contributed by atoms with Crippen LogP contribution in [0.15, 0.2) is 66.7 Å². The highest BCUT2D eigenvalue weighted by atomic mass is 16.5. The summed E-state index contributed by atoms with van der Waals surface area (Å²) in [6, 6.07) is 21.8. The summed E-state index contributed by atoms with van der Waals surface area (Å²) in [7, 11) is 3.92. The third-order valence-electron chi connectivity index (χ3n) is 8.05. The molecule has 1 aliphatic heterocycles. The molecule has 0 aromatic heterocycles. The number of fused-ring (bicyclic) bond motifs is 2. The van der Waals surface area contributed by atoms with E-state index in [0.717, 1.165) is 48.7 Å². The zero-order valence-electron chi connectivity index (χ0n) is 21.2. The molecule has 1 saturated heterocycles. The van der Waals surface area contributed by atoms with E-state index in [4.69, 9.17) is 9.47 Å². The third kappa shape index (κ3) is 4.75. The maximum Gasteiger partial charge on any atom is 0.308 e. The van der Waals surface area contributed by atoms with Crippen LogP contribution in [0, 0.1) is 5.92 Å². The van der Waals surface area contributed by atoms with Crippen molar-refractivity contribution in [2.24, 2.45) is 5.92 Å². The van der Waals surface area contributed by atoms with Gasteiger partial charge in [-0.2, -0.15) is 0 Å². The van der Waals surface area contributed by atoms with E-state index in [2.05, 4.69) is 29.4 Å². The summed E-state index contributed by atoms with van der Waals surface area (Å²) in [4.78, 5) is 27.3. The summed E-state index contributed by atoms with van der Waals surface area (Å²) in [6.45, 7) is 3.29. The first kappa shape index (κ1) is 24.5. The van der Waals surface area contributed by atoms with Gasteiger partial charge in [-0.3, -0.25) is 9.59 Å². The second-order valence-electron chi connectivity index (χ2n) is 10.3. The fourth-order valence-electron chi connectivity index (χ4n) is 6.35. The van der Waals surface area contributed by atoms with Gasteiger partial charge in [0.15, 0.2) is 0 Å². The predicted octanol–water partition coefficient (Wildman–Crippen LogP) is 4.56. The number of hydrogen-bond donors (Lipinski definition) is 1. The van der Waals surface area contributed by atoms with Crippen LogP contribution in [0.4, 0.5) is 0 Å². The zero-order valence-corrected chi connectivity index (χ0v) is 21.2. The molecular formula is C30H34N2O4. The van der Waals surface area contributed by atoms with E-state index in [1.54, 1.807) is 7.11 Å². The molecule has 188 valence electrons. The van der Waals surface area contributed by atoms with Crippen molar-refractivity contribution < 1.29 is 19.1 Å². The van der Waals surface area contributed by atoms with Gasteiger partial charge in [0.25, 0.3) is 5.91 Å². The zero-order chi connectivity index (χ0) is 25.3. The monoisotopic (exact) mass is 486 g/mol. The van der Waals surface area contributed by atoms with Gasteiger partial charge in [-0.05, 0) is 73.5 Å². The number of methoxy groups -OCH3 is 1. The Hall–Kier alpha value is -3.22. The Morgan fingerprint density at radius 3 is 2.61 bits per heavy atom. The number of amides is 1. The number of carbonyl (C=O) groups is 2. The van der Waals surface area contributed by atoms with E-state index in [1.807, 2.05) is 54.6 Å². The van der Waals surface area contributed by atoms with Crippen LogP contribution >= 0.6 is 0 Å². The Bertz CT molecular complexity index is 1270. The van der Waals surface area contributed by atoms with Gasteiger partial charge in [0.1, 0.15) is 5.75 Å². The minimum absolute atomic E-state index is 0.000727. The number of nitrogens with zero attached hydrogens (tertiary/aromatic N) is 1. The fraction of sp³-hybridized carbons (Fsp3) is 0.400. The van der Waals surface area contributed by atoms with Crippen LogP contribution < -0.4 is 10.1 Å². The van der Waals surface area contributed by atoms with Crippen LogP contribution in [0.25, 0.3) is 10.8 Å². The molecule has 0 radical (unpaired) electrons. The molecular weight excluding hydrogens is 452 g/mol. The van der Waals surface area contributed by atoms with Gasteiger partial charge in [0.05, 0.1) is 6.10 Å². The molecule has 1 saturated carbocycles. The van der Waals surface area contributed by atoms with Crippen LogP contribution in [0.3, 0.4) is 0 Å². The molecule has 2 aliphatic rings. The fourth-order valence-corrected chi connectivity index (χ4v) is 6.35. The maximum atomic E-state index is 13.4. The minimum atomic E-state index is -0.330. The standard InChI is InChI=1S/C30H34N2O4/c1-20(33)36-26-10-6-9-24(16-26)30-13-14-32(2)19-27(30)28(35-3)17-25(18-30)31-29(34)23-12-11-21-7-4-5-8-22(21)15-23/h4-12,15-16,25,27-28H,13-14,17-19H2,1-3H3,(H,31,34)/t25-,27+,28?,30+/m1/s1. The van der Waals surface area contributed by atoms with Crippen LogP contribution in [-0.4, -0.2) is 56.2 Å². The van der Waals surface area contributed by atoms with E-state index < -0.39 is 0 Å². The molecule has 3 aromatic carbocycles. The molecule has 3 aromatic rings. The van der Waals surface area contributed by atoms with E-state index in [9.17, 15) is 9.59 Å². The van der Waals surface area contributed by atoms with Crippen molar-refractivity contribution in [3.05, 3.63) is 77.9 Å². The van der Waals surface area contributed by atoms with Crippen molar-refractivity contribution in [1.29, 1.82) is 0 Å². The third-order valence-corrected chi connectivity index (χ3v) is 8.05. The Balaban J connectivity index is 1.46. The Morgan fingerprint density at radius 1 is 1.03 bits per heavy atom. The number of rotatable bonds is 5. The highest BCUT2D eigenvalue weighted by Crippen LogP contribution is 2.50. The minimum Gasteiger partial charge on any atom is -0.427 e. The number of nitrogens with one attached hydrogen (secondary N) is 1. The van der Waals surface area contributed by atoms with Crippen molar-refractivity contribution in [2.45, 2.75) is 43.7 Å². The quantitative estimate of drug-likeness (QED) is 0.423. The first-order valence-corrected chi connectivity index (χ1v) is 12.7. The lowest BCUT2D eigenvalue weighted by Crippen LogP contribution is -2.60. The molecule has 1 amide bonds. The maximum absolute atomic E-state index is 13.4. The predicted molar refractivity (Wildman–Crippen MR) is 140 cm³/mol. The second-order valence-corrected chi connectivity index (χ2v) is 10.3. The molecule has 1 heterocycles. The summed E-state index contributed by atoms with van der Waals surface area (Å²) < 4.78 is 11.5. The van der Waals surface area contributed by atoms with E-state index >= 15 is 0 Å². The highest BCUT2D eigenvalue weighted by Gasteiger charge is 2.52. The molecule has 2 fully saturated rings. The number of ether oxygens (including phenoxy) is 2. The average Bonchev–Trinajstić information content (AvgIpc) is 2.88. The summed E-state index contributed by atoms with van der Waals surface area (Å²) >= 11 is 0. The summed E-state index contributed by atoms with van der Waals surface area (Å²) in [5, 5.41) is 5.50. The normalized spacial score (nSPS) is 26.2. The van der Waals surface area contributed by atoms with Gasteiger partial charge in [-0.15, -0.1) is 0 Å². The lowest BCUT2D eigenvalue weighted by atomic mass is 9.57. The molecule has 36 heavy (non-hydrogen) atoms. The van der Waals surface area contributed by atoms with E-state index in [-0.39, 0.29) is 35.4 Å². The molecule has 6 nitrogen and oxygen atoms in total. The summed E-state index contributed by atoms with van der Waals surface area (Å²) in [6.07, 6.45) is 2.52. The van der Waals surface area contributed by atoms with Crippen LogP contribution in [-0.2, 0) is 14.9 Å². The molecule has 1 N–H and O–H groups in total. The van der Waals surface area contributed by atoms with Crippen molar-refractivity contribution in [3.63, 3.8) is 0 Å². The molecule has 4 atom stereocenters. The summed E-state index contributed by atoms with van der Waals surface area (Å²) in [5.74, 6) is 0.435. The molecule has 1 unspecified atom stereocenters. The molecule has 0 spiro atoms. The van der Waals surface area contributed by atoms with Gasteiger partial charge in [0.2, 0.25) is 0 Å². The number of piperidine rings is 1. The molecule has 6 heteroatoms. The lowest BCUT2D eigenvalue weighted by molar-refractivity contribution is -0.131. The molecule has 0 bridgehead atoms. The Labute approximate surface area is 212 Å². The van der Waals surface area contributed by atoms with Crippen LogP contribution in [0.5, 0.6) is 5.75 Å². The number of carbonyl (C=O) groups excluding carboxylic acids is 2. The van der Waals surface area contributed by atoms with Gasteiger partial charge >= 0.3 is 5.97 Å². The number of likely N-dealkylation sites (tertiary alicyclic amines) is 1. The Kier molecular flexibility index (Phi) is 6.82. The second kappa shape index (κ2) is 10.0. The largest absolute Gasteiger partial charge is 0.427 e. The Morgan fingerprint density at radius 2 is 1.83 bits per heavy atom. The molecule has 1 aliphatic carbocycles. The SMILES string of the molecule is COC1C[C@@H](NC(=O)c2ccc3ccccc3c2)C[C@]2(c3cccc(OC(C)=O)c3)CCN(C)C[C@@H]12. The molecule has 5 rings (SSSR count). The van der Waals surface area contributed by atoms with Gasteiger partial charge in [-0.1, -0.05) is 42.5 Å². The van der Waals surface area contributed by atoms with Crippen molar-refractivity contribution in [3.8, 4) is 5.75 Å². The van der Waals surface area contributed by atoms with Crippen LogP contribution in [0.1, 0.15) is 42.1 Å². The topological polar surface area (TPSA) is 67.9 Å². The average molecular weight is 487 g/mol. The van der Waals surface area contributed by atoms with Gasteiger partial charge in [-0.25, -0.2) is 0 Å². The summed E-state index contributed by atoms with van der Waals surface area (Å²) in [5.41, 5.74) is 1.62. The van der Waals surface area contributed by atoms with Crippen molar-refractivity contribution >= 4 is 22.6 Å². The van der Waals surface area contributed by atoms with E-state index in [1.165, 1.54) is 6.92 Å². The smallest absolute Gasteiger partial charge is 0.308 e.